The first-order valence-electron chi connectivity index (χ1n) is 5.98. The molecular weight excluding hydrogens is 282 g/mol. The van der Waals surface area contributed by atoms with Crippen molar-refractivity contribution in [2.24, 2.45) is 5.73 Å². The molecule has 1 aromatic rings. The third-order valence-corrected chi connectivity index (χ3v) is 3.66. The maximum Gasteiger partial charge on any atom is 0.136 e. The Bertz CT molecular complexity index is 407. The van der Waals surface area contributed by atoms with Crippen LogP contribution in [-0.2, 0) is 6.42 Å². The first-order chi connectivity index (χ1) is 8.09. The minimum absolute atomic E-state index is 0.272. The number of rotatable bonds is 2. The summed E-state index contributed by atoms with van der Waals surface area (Å²) in [5.74, 6) is 0.920. The molecule has 1 heterocycles. The molecule has 0 amide bonds. The molecule has 0 saturated carbocycles. The van der Waals surface area contributed by atoms with Crippen LogP contribution in [0, 0.1) is 0 Å². The van der Waals surface area contributed by atoms with Crippen LogP contribution in [0.15, 0.2) is 16.6 Å². The molecule has 0 bridgehead atoms. The molecule has 3 nitrogen and oxygen atoms in total. The molecule has 0 radical (unpaired) electrons. The summed E-state index contributed by atoms with van der Waals surface area (Å²) in [6.07, 6.45) is 2.57. The summed E-state index contributed by atoms with van der Waals surface area (Å²) >= 11 is 3.51. The first-order valence-corrected chi connectivity index (χ1v) is 6.77. The fourth-order valence-corrected chi connectivity index (χ4v) is 2.72. The number of benzene rings is 1. The molecule has 2 atom stereocenters. The number of aliphatic hydroxyl groups excluding tert-OH is 1. The standard InChI is InChI=1S/C13H18BrNO2/c1-8(15)12(16)10-6-9-4-2-3-5-17-13(9)11(14)7-10/h6-8,12,16H,2-5,15H2,1H3. The molecule has 0 aromatic heterocycles. The highest BCUT2D eigenvalue weighted by atomic mass is 79.9. The Hall–Kier alpha value is -0.580. The second kappa shape index (κ2) is 5.38. The van der Waals surface area contributed by atoms with Gasteiger partial charge in [-0.2, -0.15) is 0 Å². The molecule has 2 rings (SSSR count). The van der Waals surface area contributed by atoms with E-state index in [9.17, 15) is 5.11 Å². The molecule has 17 heavy (non-hydrogen) atoms. The molecule has 2 unspecified atom stereocenters. The van der Waals surface area contributed by atoms with Gasteiger partial charge in [-0.3, -0.25) is 0 Å². The smallest absolute Gasteiger partial charge is 0.136 e. The second-order valence-electron chi connectivity index (χ2n) is 4.60. The van der Waals surface area contributed by atoms with Gasteiger partial charge in [0.15, 0.2) is 0 Å². The van der Waals surface area contributed by atoms with Crippen molar-refractivity contribution >= 4 is 15.9 Å². The Balaban J connectivity index is 2.38. The van der Waals surface area contributed by atoms with Crippen molar-refractivity contribution in [3.05, 3.63) is 27.7 Å². The van der Waals surface area contributed by atoms with E-state index in [4.69, 9.17) is 10.5 Å². The summed E-state index contributed by atoms with van der Waals surface area (Å²) < 4.78 is 6.62. The van der Waals surface area contributed by atoms with Crippen LogP contribution >= 0.6 is 15.9 Å². The second-order valence-corrected chi connectivity index (χ2v) is 5.45. The molecule has 94 valence electrons. The summed E-state index contributed by atoms with van der Waals surface area (Å²) in [5.41, 5.74) is 7.74. The Kier molecular flexibility index (Phi) is 4.07. The third-order valence-electron chi connectivity index (χ3n) is 3.07. The lowest BCUT2D eigenvalue weighted by Crippen LogP contribution is -2.24. The molecule has 0 saturated heterocycles. The van der Waals surface area contributed by atoms with E-state index in [0.29, 0.717) is 0 Å². The summed E-state index contributed by atoms with van der Waals surface area (Å²) in [4.78, 5) is 0. The maximum atomic E-state index is 10.0. The van der Waals surface area contributed by atoms with Gasteiger partial charge in [0.25, 0.3) is 0 Å². The predicted octanol–water partition coefficient (Wildman–Crippen LogP) is 2.54. The van der Waals surface area contributed by atoms with Gasteiger partial charge in [-0.1, -0.05) is 0 Å². The normalized spacial score (nSPS) is 18.8. The van der Waals surface area contributed by atoms with Crippen LogP contribution < -0.4 is 10.5 Å². The third kappa shape index (κ3) is 2.81. The van der Waals surface area contributed by atoms with Gasteiger partial charge in [0, 0.05) is 6.04 Å². The number of nitrogens with two attached hydrogens (primary N) is 1. The highest BCUT2D eigenvalue weighted by Gasteiger charge is 2.18. The van der Waals surface area contributed by atoms with Gasteiger partial charge < -0.3 is 15.6 Å². The molecular formula is C13H18BrNO2. The molecule has 1 aromatic carbocycles. The predicted molar refractivity (Wildman–Crippen MR) is 71.2 cm³/mol. The maximum absolute atomic E-state index is 10.0. The number of halogens is 1. The summed E-state index contributed by atoms with van der Waals surface area (Å²) in [6.45, 7) is 2.57. The average molecular weight is 300 g/mol. The quantitative estimate of drug-likeness (QED) is 0.882. The lowest BCUT2D eigenvalue weighted by Gasteiger charge is -2.18. The van der Waals surface area contributed by atoms with E-state index in [1.54, 1.807) is 6.92 Å². The van der Waals surface area contributed by atoms with Crippen molar-refractivity contribution in [3.8, 4) is 5.75 Å². The van der Waals surface area contributed by atoms with Gasteiger partial charge in [0.1, 0.15) is 5.75 Å². The van der Waals surface area contributed by atoms with Gasteiger partial charge in [0.05, 0.1) is 17.2 Å². The Labute approximate surface area is 110 Å². The first kappa shape index (κ1) is 12.9. The fourth-order valence-electron chi connectivity index (χ4n) is 2.09. The largest absolute Gasteiger partial charge is 0.492 e. The summed E-state index contributed by atoms with van der Waals surface area (Å²) in [6, 6.07) is 3.64. The number of ether oxygens (including phenoxy) is 1. The molecule has 0 aliphatic carbocycles. The molecule has 0 spiro atoms. The van der Waals surface area contributed by atoms with E-state index in [2.05, 4.69) is 15.9 Å². The van der Waals surface area contributed by atoms with Gasteiger partial charge in [0.2, 0.25) is 0 Å². The van der Waals surface area contributed by atoms with Gasteiger partial charge >= 0.3 is 0 Å². The summed E-state index contributed by atoms with van der Waals surface area (Å²) in [5, 5.41) is 10.0. The highest BCUT2D eigenvalue weighted by molar-refractivity contribution is 9.10. The molecule has 1 aliphatic heterocycles. The number of aliphatic hydroxyl groups is 1. The van der Waals surface area contributed by atoms with Gasteiger partial charge in [-0.25, -0.2) is 0 Å². The SMILES string of the molecule is CC(N)C(O)c1cc(Br)c2c(c1)CCCCO2. The zero-order chi connectivity index (χ0) is 12.4. The van der Waals surface area contributed by atoms with Crippen LogP contribution in [0.5, 0.6) is 5.75 Å². The summed E-state index contributed by atoms with van der Waals surface area (Å²) in [7, 11) is 0. The van der Waals surface area contributed by atoms with Crippen molar-refractivity contribution in [2.75, 3.05) is 6.61 Å². The van der Waals surface area contributed by atoms with E-state index in [1.165, 1.54) is 0 Å². The Morgan fingerprint density at radius 1 is 1.41 bits per heavy atom. The topological polar surface area (TPSA) is 55.5 Å². The van der Waals surface area contributed by atoms with Gasteiger partial charge in [-0.05, 0) is 65.4 Å². The van der Waals surface area contributed by atoms with Crippen LogP contribution in [0.4, 0.5) is 0 Å². The van der Waals surface area contributed by atoms with Crippen molar-refractivity contribution in [2.45, 2.75) is 38.3 Å². The monoisotopic (exact) mass is 299 g/mol. The number of aryl methyl sites for hydroxylation is 1. The van der Waals surface area contributed by atoms with Crippen molar-refractivity contribution in [1.29, 1.82) is 0 Å². The van der Waals surface area contributed by atoms with E-state index in [-0.39, 0.29) is 6.04 Å². The van der Waals surface area contributed by atoms with Crippen LogP contribution in [0.3, 0.4) is 0 Å². The zero-order valence-corrected chi connectivity index (χ0v) is 11.5. The van der Waals surface area contributed by atoms with Crippen molar-refractivity contribution in [1.82, 2.24) is 0 Å². The Morgan fingerprint density at radius 3 is 2.88 bits per heavy atom. The highest BCUT2D eigenvalue weighted by Crippen LogP contribution is 2.35. The van der Waals surface area contributed by atoms with Crippen LogP contribution in [-0.4, -0.2) is 17.8 Å². The van der Waals surface area contributed by atoms with E-state index in [0.717, 1.165) is 47.2 Å². The number of hydrogen-bond donors (Lipinski definition) is 2. The molecule has 3 N–H and O–H groups in total. The average Bonchev–Trinajstić information content (AvgIpc) is 2.53. The van der Waals surface area contributed by atoms with Crippen LogP contribution in [0.2, 0.25) is 0 Å². The van der Waals surface area contributed by atoms with Crippen LogP contribution in [0.25, 0.3) is 0 Å². The molecule has 4 heteroatoms. The van der Waals surface area contributed by atoms with E-state index in [1.807, 2.05) is 12.1 Å². The van der Waals surface area contributed by atoms with Crippen LogP contribution in [0.1, 0.15) is 37.0 Å². The zero-order valence-electron chi connectivity index (χ0n) is 9.95. The molecule has 1 aliphatic rings. The Morgan fingerprint density at radius 2 is 2.18 bits per heavy atom. The minimum atomic E-state index is -0.625. The van der Waals surface area contributed by atoms with Crippen molar-refractivity contribution < 1.29 is 9.84 Å². The lowest BCUT2D eigenvalue weighted by molar-refractivity contribution is 0.153. The van der Waals surface area contributed by atoms with Crippen molar-refractivity contribution in [3.63, 3.8) is 0 Å². The number of hydrogen-bond acceptors (Lipinski definition) is 3. The minimum Gasteiger partial charge on any atom is -0.492 e. The molecule has 0 fully saturated rings. The fraction of sp³-hybridized carbons (Fsp3) is 0.538. The van der Waals surface area contributed by atoms with E-state index < -0.39 is 6.10 Å². The van der Waals surface area contributed by atoms with E-state index >= 15 is 0 Å². The van der Waals surface area contributed by atoms with Gasteiger partial charge in [-0.15, -0.1) is 0 Å². The lowest BCUT2D eigenvalue weighted by atomic mass is 9.99. The number of fused-ring (bicyclic) bond motifs is 1.